The number of hydrogen-bond donors (Lipinski definition) is 1. The van der Waals surface area contributed by atoms with Crippen molar-refractivity contribution in [2.24, 2.45) is 0 Å². The summed E-state index contributed by atoms with van der Waals surface area (Å²) in [6, 6.07) is 14.0. The number of carbonyl (C=O) groups excluding carboxylic acids is 3. The van der Waals surface area contributed by atoms with Crippen molar-refractivity contribution in [2.45, 2.75) is 19.9 Å². The fourth-order valence-corrected chi connectivity index (χ4v) is 2.63. The fourth-order valence-electron chi connectivity index (χ4n) is 2.47. The van der Waals surface area contributed by atoms with Gasteiger partial charge in [0.15, 0.2) is 0 Å². The Bertz CT molecular complexity index is 824. The first-order chi connectivity index (χ1) is 12.9. The molecule has 27 heavy (non-hydrogen) atoms. The number of amides is 2. The summed E-state index contributed by atoms with van der Waals surface area (Å²) in [5.74, 6) is -0.941. The molecule has 0 aliphatic carbocycles. The van der Waals surface area contributed by atoms with Crippen LogP contribution in [0.4, 0.5) is 5.69 Å². The zero-order chi connectivity index (χ0) is 19.8. The molecule has 2 aromatic rings. The highest BCUT2D eigenvalue weighted by Crippen LogP contribution is 2.23. The Balaban J connectivity index is 1.98. The van der Waals surface area contributed by atoms with Crippen LogP contribution in [0.1, 0.15) is 29.3 Å². The molecular weight excluding hydrogens is 368 g/mol. The van der Waals surface area contributed by atoms with Gasteiger partial charge in [0, 0.05) is 26.4 Å². The number of benzene rings is 2. The van der Waals surface area contributed by atoms with Gasteiger partial charge < -0.3 is 15.0 Å². The number of halogens is 1. The SMILES string of the molecule is COC(=O)c1ccc(Cl)c(NC(=O)CCN(Cc2ccccc2)C(C)=O)c1. The Hall–Kier alpha value is -2.86. The standard InChI is InChI=1S/C20H21ClN2O4/c1-14(24)23(13-15-6-4-3-5-7-15)11-10-19(25)22-18-12-16(20(26)27-2)8-9-17(18)21/h3-9,12H,10-11,13H2,1-2H3,(H,22,25). The van der Waals surface area contributed by atoms with Crippen LogP contribution in [0.2, 0.25) is 5.02 Å². The van der Waals surface area contributed by atoms with Crippen LogP contribution in [-0.4, -0.2) is 36.3 Å². The summed E-state index contributed by atoms with van der Waals surface area (Å²) >= 11 is 6.08. The smallest absolute Gasteiger partial charge is 0.337 e. The molecule has 0 bridgehead atoms. The predicted molar refractivity (Wildman–Crippen MR) is 104 cm³/mol. The van der Waals surface area contributed by atoms with E-state index in [1.165, 1.54) is 32.2 Å². The van der Waals surface area contributed by atoms with Crippen LogP contribution in [0.25, 0.3) is 0 Å². The van der Waals surface area contributed by atoms with Crippen molar-refractivity contribution in [3.63, 3.8) is 0 Å². The quantitative estimate of drug-likeness (QED) is 0.736. The predicted octanol–water partition coefficient (Wildman–Crippen LogP) is 3.50. The Morgan fingerprint density at radius 1 is 1.11 bits per heavy atom. The molecule has 7 heteroatoms. The van der Waals surface area contributed by atoms with Gasteiger partial charge in [-0.25, -0.2) is 4.79 Å². The third-order valence-corrected chi connectivity index (χ3v) is 4.26. The average molecular weight is 389 g/mol. The van der Waals surface area contributed by atoms with Crippen molar-refractivity contribution in [1.29, 1.82) is 0 Å². The first kappa shape index (κ1) is 20.5. The van der Waals surface area contributed by atoms with Crippen LogP contribution >= 0.6 is 11.6 Å². The highest BCUT2D eigenvalue weighted by atomic mass is 35.5. The molecule has 0 atom stereocenters. The van der Waals surface area contributed by atoms with Gasteiger partial charge in [-0.1, -0.05) is 41.9 Å². The van der Waals surface area contributed by atoms with Crippen molar-refractivity contribution >= 4 is 35.1 Å². The van der Waals surface area contributed by atoms with Gasteiger partial charge in [-0.15, -0.1) is 0 Å². The minimum atomic E-state index is -0.521. The summed E-state index contributed by atoms with van der Waals surface area (Å²) in [6.07, 6.45) is 0.102. The topological polar surface area (TPSA) is 75.7 Å². The van der Waals surface area contributed by atoms with Gasteiger partial charge in [0.25, 0.3) is 0 Å². The highest BCUT2D eigenvalue weighted by molar-refractivity contribution is 6.33. The van der Waals surface area contributed by atoms with Gasteiger partial charge in [0.2, 0.25) is 11.8 Å². The maximum absolute atomic E-state index is 12.3. The number of ether oxygens (including phenoxy) is 1. The molecule has 2 amide bonds. The zero-order valence-corrected chi connectivity index (χ0v) is 16.0. The number of esters is 1. The van der Waals surface area contributed by atoms with E-state index < -0.39 is 5.97 Å². The molecule has 1 N–H and O–H groups in total. The lowest BCUT2D eigenvalue weighted by Crippen LogP contribution is -2.31. The molecule has 2 rings (SSSR count). The van der Waals surface area contributed by atoms with E-state index >= 15 is 0 Å². The van der Waals surface area contributed by atoms with Gasteiger partial charge >= 0.3 is 5.97 Å². The fraction of sp³-hybridized carbons (Fsp3) is 0.250. The number of anilines is 1. The number of methoxy groups -OCH3 is 1. The molecule has 2 aromatic carbocycles. The molecule has 0 aliphatic heterocycles. The molecular formula is C20H21ClN2O4. The van der Waals surface area contributed by atoms with E-state index in [4.69, 9.17) is 11.6 Å². The summed E-state index contributed by atoms with van der Waals surface area (Å²) in [7, 11) is 1.28. The second-order valence-corrected chi connectivity index (χ2v) is 6.32. The van der Waals surface area contributed by atoms with Crippen LogP contribution in [0.3, 0.4) is 0 Å². The lowest BCUT2D eigenvalue weighted by Gasteiger charge is -2.21. The maximum atomic E-state index is 12.3. The number of rotatable bonds is 7. The molecule has 142 valence electrons. The van der Waals surface area contributed by atoms with Gasteiger partial charge in [0.05, 0.1) is 23.4 Å². The van der Waals surface area contributed by atoms with Gasteiger partial charge in [-0.3, -0.25) is 9.59 Å². The molecule has 0 saturated heterocycles. The van der Waals surface area contributed by atoms with E-state index in [2.05, 4.69) is 10.1 Å². The Labute approximate surface area is 163 Å². The van der Waals surface area contributed by atoms with E-state index in [1.54, 1.807) is 4.90 Å². The summed E-state index contributed by atoms with van der Waals surface area (Å²) in [4.78, 5) is 37.3. The van der Waals surface area contributed by atoms with Crippen molar-refractivity contribution in [1.82, 2.24) is 4.90 Å². The zero-order valence-electron chi connectivity index (χ0n) is 15.2. The van der Waals surface area contributed by atoms with Crippen LogP contribution in [0, 0.1) is 0 Å². The number of carbonyl (C=O) groups is 3. The molecule has 0 heterocycles. The van der Waals surface area contributed by atoms with E-state index in [1.807, 2.05) is 30.3 Å². The molecule has 0 saturated carbocycles. The van der Waals surface area contributed by atoms with Crippen molar-refractivity contribution < 1.29 is 19.1 Å². The lowest BCUT2D eigenvalue weighted by atomic mass is 10.2. The van der Waals surface area contributed by atoms with Gasteiger partial charge in [-0.05, 0) is 23.8 Å². The van der Waals surface area contributed by atoms with Crippen molar-refractivity contribution in [3.8, 4) is 0 Å². The van der Waals surface area contributed by atoms with Crippen molar-refractivity contribution in [2.75, 3.05) is 19.0 Å². The second-order valence-electron chi connectivity index (χ2n) is 5.91. The third-order valence-electron chi connectivity index (χ3n) is 3.93. The minimum absolute atomic E-state index is 0.102. The summed E-state index contributed by atoms with van der Waals surface area (Å²) < 4.78 is 4.66. The molecule has 0 radical (unpaired) electrons. The molecule has 0 unspecified atom stereocenters. The lowest BCUT2D eigenvalue weighted by molar-refractivity contribution is -0.129. The van der Waals surface area contributed by atoms with Crippen LogP contribution in [0.15, 0.2) is 48.5 Å². The van der Waals surface area contributed by atoms with Crippen molar-refractivity contribution in [3.05, 3.63) is 64.7 Å². The molecule has 0 fully saturated rings. The van der Waals surface area contributed by atoms with Gasteiger partial charge in [0.1, 0.15) is 0 Å². The molecule has 0 spiro atoms. The molecule has 0 aromatic heterocycles. The van der Waals surface area contributed by atoms with E-state index in [0.29, 0.717) is 17.3 Å². The summed E-state index contributed by atoms with van der Waals surface area (Å²) in [6.45, 7) is 2.17. The number of nitrogens with zero attached hydrogens (tertiary/aromatic N) is 1. The van der Waals surface area contributed by atoms with E-state index in [9.17, 15) is 14.4 Å². The molecule has 0 aliphatic rings. The van der Waals surface area contributed by atoms with E-state index in [0.717, 1.165) is 5.56 Å². The highest BCUT2D eigenvalue weighted by Gasteiger charge is 2.14. The maximum Gasteiger partial charge on any atom is 0.337 e. The Morgan fingerprint density at radius 3 is 2.44 bits per heavy atom. The number of nitrogens with one attached hydrogen (secondary N) is 1. The van der Waals surface area contributed by atoms with Crippen LogP contribution < -0.4 is 5.32 Å². The normalized spacial score (nSPS) is 10.2. The van der Waals surface area contributed by atoms with E-state index in [-0.39, 0.29) is 30.3 Å². The average Bonchev–Trinajstić information content (AvgIpc) is 2.66. The summed E-state index contributed by atoms with van der Waals surface area (Å²) in [5, 5.41) is 2.98. The van der Waals surface area contributed by atoms with Crippen LogP contribution in [-0.2, 0) is 20.9 Å². The molecule has 6 nitrogen and oxygen atoms in total. The Kier molecular flexibility index (Phi) is 7.37. The largest absolute Gasteiger partial charge is 0.465 e. The second kappa shape index (κ2) is 9.73. The first-order valence-corrected chi connectivity index (χ1v) is 8.75. The Morgan fingerprint density at radius 2 is 1.81 bits per heavy atom. The van der Waals surface area contributed by atoms with Gasteiger partial charge in [-0.2, -0.15) is 0 Å². The first-order valence-electron chi connectivity index (χ1n) is 8.38. The summed E-state index contributed by atoms with van der Waals surface area (Å²) in [5.41, 5.74) is 1.59. The third kappa shape index (κ3) is 6.11. The number of hydrogen-bond acceptors (Lipinski definition) is 4. The minimum Gasteiger partial charge on any atom is -0.465 e. The van der Waals surface area contributed by atoms with Crippen LogP contribution in [0.5, 0.6) is 0 Å². The monoisotopic (exact) mass is 388 g/mol.